The molecule has 1 amide bonds. The van der Waals surface area contributed by atoms with Gasteiger partial charge in [0, 0.05) is 29.4 Å². The lowest BCUT2D eigenvalue weighted by Gasteiger charge is -2.26. The van der Waals surface area contributed by atoms with Gasteiger partial charge in [-0.05, 0) is 55.7 Å². The van der Waals surface area contributed by atoms with Gasteiger partial charge in [0.25, 0.3) is 5.91 Å². The number of carbonyl (C=O) groups is 1. The fraction of sp³-hybridized carbons (Fsp3) is 0.278. The smallest absolute Gasteiger partial charge is 0.253 e. The summed E-state index contributed by atoms with van der Waals surface area (Å²) >= 11 is 5.99. The van der Waals surface area contributed by atoms with Gasteiger partial charge in [-0.1, -0.05) is 17.7 Å². The maximum absolute atomic E-state index is 12.6. The number of amides is 1. The van der Waals surface area contributed by atoms with Crippen molar-refractivity contribution in [3.63, 3.8) is 0 Å². The predicted molar refractivity (Wildman–Crippen MR) is 95.7 cm³/mol. The zero-order valence-electron chi connectivity index (χ0n) is 13.3. The first-order valence-electron chi connectivity index (χ1n) is 8.01. The van der Waals surface area contributed by atoms with Crippen LogP contribution >= 0.6 is 11.6 Å². The van der Waals surface area contributed by atoms with Gasteiger partial charge in [0.1, 0.15) is 5.69 Å². The molecule has 124 valence electrons. The van der Waals surface area contributed by atoms with Gasteiger partial charge < -0.3 is 10.2 Å². The van der Waals surface area contributed by atoms with Gasteiger partial charge in [0.05, 0.1) is 5.69 Å². The van der Waals surface area contributed by atoms with Gasteiger partial charge in [-0.3, -0.25) is 4.79 Å². The zero-order chi connectivity index (χ0) is 16.9. The van der Waals surface area contributed by atoms with Crippen LogP contribution in [-0.2, 0) is 0 Å². The molecule has 2 N–H and O–H groups in total. The van der Waals surface area contributed by atoms with Crippen molar-refractivity contribution < 1.29 is 4.79 Å². The normalized spacial score (nSPS) is 14.3. The van der Waals surface area contributed by atoms with Crippen molar-refractivity contribution in [2.75, 3.05) is 18.4 Å². The van der Waals surface area contributed by atoms with Crippen LogP contribution in [0.15, 0.2) is 47.6 Å². The van der Waals surface area contributed by atoms with E-state index in [9.17, 15) is 4.79 Å². The number of halogens is 1. The molecule has 5 nitrogen and oxygen atoms in total. The molecule has 2 aromatic rings. The van der Waals surface area contributed by atoms with Crippen molar-refractivity contribution in [1.82, 2.24) is 4.90 Å². The molecule has 0 radical (unpaired) electrons. The number of nitrogens with one attached hydrogen (secondary N) is 2. The molecule has 2 aromatic carbocycles. The second-order valence-electron chi connectivity index (χ2n) is 5.83. The van der Waals surface area contributed by atoms with Crippen LogP contribution < -0.4 is 5.32 Å². The van der Waals surface area contributed by atoms with E-state index in [4.69, 9.17) is 17.1 Å². The number of hydrogen-bond acceptors (Lipinski definition) is 4. The SMILES string of the molecule is N=Nc1cc(C(=O)N2CCCCC2)ccc1Nc1cccc(Cl)c1. The number of rotatable bonds is 4. The van der Waals surface area contributed by atoms with Crippen molar-refractivity contribution >= 4 is 34.6 Å². The average Bonchev–Trinajstić information content (AvgIpc) is 2.62. The molecule has 0 unspecified atom stereocenters. The molecule has 1 aliphatic rings. The van der Waals surface area contributed by atoms with Gasteiger partial charge in [0.15, 0.2) is 0 Å². The van der Waals surface area contributed by atoms with Gasteiger partial charge >= 0.3 is 0 Å². The Morgan fingerprint density at radius 2 is 1.92 bits per heavy atom. The maximum atomic E-state index is 12.6. The molecule has 1 fully saturated rings. The first kappa shape index (κ1) is 16.5. The number of hydrogen-bond donors (Lipinski definition) is 2. The summed E-state index contributed by atoms with van der Waals surface area (Å²) in [6, 6.07) is 12.5. The number of likely N-dealkylation sites (tertiary alicyclic amines) is 1. The minimum atomic E-state index is 0.00825. The van der Waals surface area contributed by atoms with E-state index >= 15 is 0 Å². The van der Waals surface area contributed by atoms with Crippen LogP contribution in [0.2, 0.25) is 5.02 Å². The Morgan fingerprint density at radius 3 is 2.62 bits per heavy atom. The summed E-state index contributed by atoms with van der Waals surface area (Å²) in [5.74, 6) is 0.00825. The molecular weight excluding hydrogens is 324 g/mol. The van der Waals surface area contributed by atoms with Crippen LogP contribution in [0.4, 0.5) is 17.1 Å². The van der Waals surface area contributed by atoms with Crippen LogP contribution in [0.25, 0.3) is 0 Å². The van der Waals surface area contributed by atoms with Crippen molar-refractivity contribution in [2.24, 2.45) is 5.11 Å². The molecule has 0 saturated carbocycles. The maximum Gasteiger partial charge on any atom is 0.253 e. The minimum absolute atomic E-state index is 0.00825. The Morgan fingerprint density at radius 1 is 1.12 bits per heavy atom. The monoisotopic (exact) mass is 342 g/mol. The Labute approximate surface area is 146 Å². The summed E-state index contributed by atoms with van der Waals surface area (Å²) in [5.41, 5.74) is 9.88. The second kappa shape index (κ2) is 7.45. The van der Waals surface area contributed by atoms with Crippen LogP contribution in [-0.4, -0.2) is 23.9 Å². The topological polar surface area (TPSA) is 68.5 Å². The van der Waals surface area contributed by atoms with Crippen molar-refractivity contribution in [3.05, 3.63) is 53.1 Å². The fourth-order valence-electron chi connectivity index (χ4n) is 2.86. The van der Waals surface area contributed by atoms with E-state index < -0.39 is 0 Å². The summed E-state index contributed by atoms with van der Waals surface area (Å²) in [5, 5.41) is 7.37. The number of benzene rings is 2. The highest BCUT2D eigenvalue weighted by Crippen LogP contribution is 2.30. The van der Waals surface area contributed by atoms with E-state index in [2.05, 4.69) is 10.4 Å². The standard InChI is InChI=1S/C18H19ClN4O/c19-14-5-4-6-15(12-14)21-16-8-7-13(11-17(16)22-20)18(24)23-9-2-1-3-10-23/h4-8,11-12,20-21H,1-3,9-10H2. The predicted octanol–water partition coefficient (Wildman–Crippen LogP) is 5.37. The van der Waals surface area contributed by atoms with Gasteiger partial charge in [-0.25, -0.2) is 5.53 Å². The molecule has 1 saturated heterocycles. The average molecular weight is 343 g/mol. The highest BCUT2D eigenvalue weighted by Gasteiger charge is 2.19. The number of carbonyl (C=O) groups excluding carboxylic acids is 1. The van der Waals surface area contributed by atoms with Crippen LogP contribution in [0.3, 0.4) is 0 Å². The number of nitrogens with zero attached hydrogens (tertiary/aromatic N) is 2. The molecule has 0 aliphatic carbocycles. The lowest BCUT2D eigenvalue weighted by atomic mass is 10.1. The summed E-state index contributed by atoms with van der Waals surface area (Å²) in [4.78, 5) is 14.4. The Balaban J connectivity index is 1.82. The molecular formula is C18H19ClN4O. The Kier molecular flexibility index (Phi) is 5.11. The lowest BCUT2D eigenvalue weighted by Crippen LogP contribution is -2.35. The molecule has 1 heterocycles. The first-order valence-corrected chi connectivity index (χ1v) is 8.38. The van der Waals surface area contributed by atoms with Gasteiger partial charge in [0.2, 0.25) is 0 Å². The van der Waals surface area contributed by atoms with Crippen molar-refractivity contribution in [2.45, 2.75) is 19.3 Å². The zero-order valence-corrected chi connectivity index (χ0v) is 14.0. The number of piperidine rings is 1. The molecule has 1 aliphatic heterocycles. The summed E-state index contributed by atoms with van der Waals surface area (Å²) in [7, 11) is 0. The van der Waals surface area contributed by atoms with Gasteiger partial charge in [-0.2, -0.15) is 5.11 Å². The minimum Gasteiger partial charge on any atom is -0.354 e. The van der Waals surface area contributed by atoms with Crippen LogP contribution in [0.5, 0.6) is 0 Å². The molecule has 0 aromatic heterocycles. The molecule has 6 heteroatoms. The van der Waals surface area contributed by atoms with Crippen LogP contribution in [0, 0.1) is 5.53 Å². The van der Waals surface area contributed by atoms with E-state index in [0.717, 1.165) is 31.6 Å². The fourth-order valence-corrected chi connectivity index (χ4v) is 3.05. The molecule has 0 atom stereocenters. The van der Waals surface area contributed by atoms with Crippen molar-refractivity contribution in [3.8, 4) is 0 Å². The first-order chi connectivity index (χ1) is 11.7. The summed E-state index contributed by atoms with van der Waals surface area (Å²) in [6.45, 7) is 1.60. The highest BCUT2D eigenvalue weighted by atomic mass is 35.5. The third kappa shape index (κ3) is 3.74. The Hall–Kier alpha value is -2.40. The van der Waals surface area contributed by atoms with E-state index in [-0.39, 0.29) is 5.91 Å². The highest BCUT2D eigenvalue weighted by molar-refractivity contribution is 6.30. The molecule has 0 spiro atoms. The van der Waals surface area contributed by atoms with E-state index in [1.165, 1.54) is 6.42 Å². The largest absolute Gasteiger partial charge is 0.354 e. The molecule has 3 rings (SSSR count). The van der Waals surface area contributed by atoms with E-state index in [1.54, 1.807) is 30.3 Å². The summed E-state index contributed by atoms with van der Waals surface area (Å²) in [6.07, 6.45) is 3.28. The lowest BCUT2D eigenvalue weighted by molar-refractivity contribution is 0.0724. The quantitative estimate of drug-likeness (QED) is 0.733. The van der Waals surface area contributed by atoms with E-state index in [1.807, 2.05) is 17.0 Å². The van der Waals surface area contributed by atoms with E-state index in [0.29, 0.717) is 22.0 Å². The van der Waals surface area contributed by atoms with Crippen molar-refractivity contribution in [1.29, 1.82) is 5.53 Å². The third-order valence-corrected chi connectivity index (χ3v) is 4.35. The second-order valence-corrected chi connectivity index (χ2v) is 6.27. The third-order valence-electron chi connectivity index (χ3n) is 4.11. The molecule has 0 bridgehead atoms. The summed E-state index contributed by atoms with van der Waals surface area (Å²) < 4.78 is 0. The number of anilines is 2. The Bertz CT molecular complexity index is 756. The molecule has 24 heavy (non-hydrogen) atoms. The van der Waals surface area contributed by atoms with Gasteiger partial charge in [-0.15, -0.1) is 0 Å². The van der Waals surface area contributed by atoms with Crippen LogP contribution in [0.1, 0.15) is 29.6 Å².